The number of benzene rings is 4. The molecule has 10 nitrogen and oxygen atoms in total. The van der Waals surface area contributed by atoms with Crippen molar-refractivity contribution in [3.63, 3.8) is 0 Å². The fraction of sp³-hybridized carbons (Fsp3) is 0.302. The number of aromatic hydroxyl groups is 1. The summed E-state index contributed by atoms with van der Waals surface area (Å²) < 4.78 is 11.4. The zero-order valence-electron chi connectivity index (χ0n) is 29.6. The number of halogens is 1. The Kier molecular flexibility index (Phi) is 8.35. The highest BCUT2D eigenvalue weighted by molar-refractivity contribution is 6.32. The van der Waals surface area contributed by atoms with E-state index in [1.54, 1.807) is 42.5 Å². The van der Waals surface area contributed by atoms with Crippen LogP contribution in [0, 0.1) is 23.7 Å². The molecular weight excluding hydrogens is 706 g/mol. The van der Waals surface area contributed by atoms with Crippen LogP contribution < -0.4 is 19.4 Å². The van der Waals surface area contributed by atoms with Crippen LogP contribution >= 0.6 is 11.6 Å². The Morgan fingerprint density at radius 2 is 1.50 bits per heavy atom. The number of fused-ring (bicyclic) bond motifs is 4. The molecule has 3 saturated heterocycles. The first-order valence-corrected chi connectivity index (χ1v) is 18.7. The van der Waals surface area contributed by atoms with Crippen LogP contribution in [0.5, 0.6) is 11.5 Å². The monoisotopic (exact) mass is 743 g/mol. The molecule has 5 aliphatic rings. The highest BCUT2D eigenvalue weighted by Crippen LogP contribution is 2.66. The summed E-state index contributed by atoms with van der Waals surface area (Å²) in [4.78, 5) is 64.2. The van der Waals surface area contributed by atoms with E-state index in [-0.39, 0.29) is 30.4 Å². The molecule has 274 valence electrons. The topological polar surface area (TPSA) is 117 Å². The summed E-state index contributed by atoms with van der Waals surface area (Å²) in [6.45, 7) is 2.78. The van der Waals surface area contributed by atoms with Gasteiger partial charge >= 0.3 is 0 Å². The normalized spacial score (nSPS) is 27.8. The lowest BCUT2D eigenvalue weighted by Gasteiger charge is -2.51. The molecule has 4 aromatic rings. The first kappa shape index (κ1) is 34.3. The molecule has 1 saturated carbocycles. The summed E-state index contributed by atoms with van der Waals surface area (Å²) in [6.07, 6.45) is 2.36. The number of carbonyl (C=O) groups is 4. The average Bonchev–Trinajstić information content (AvgIpc) is 3.59. The number of nitrogens with zero attached hydrogens (tertiary/aromatic N) is 3. The number of carbonyl (C=O) groups excluding carboxylic acids is 4. The van der Waals surface area contributed by atoms with Gasteiger partial charge in [-0.3, -0.25) is 24.1 Å². The third kappa shape index (κ3) is 4.96. The van der Waals surface area contributed by atoms with Crippen LogP contribution in [-0.2, 0) is 29.3 Å². The lowest BCUT2D eigenvalue weighted by atomic mass is 9.49. The third-order valence-electron chi connectivity index (χ3n) is 12.2. The predicted octanol–water partition coefficient (Wildman–Crippen LogP) is 6.26. The lowest BCUT2D eigenvalue weighted by molar-refractivity contribution is -0.127. The standard InChI is InChI=1S/C43H38ClN3O7/c1-53-35-12-6-11-34(48)37(35)38-30-17-18-31-36(41(51)46(39(31)49)28-15-13-27(14-16-28)45-19-21-54-22-20-45)32(30)24-33-40(50)47(29-10-5-9-26(44)23-29)42(52)43(33,38)25-7-3-2-4-8-25/h2-17,23,31-33,36,38,48H,18-22,24H2,1H3. The molecule has 3 heterocycles. The van der Waals surface area contributed by atoms with Gasteiger partial charge in [0.25, 0.3) is 0 Å². The number of imide groups is 2. The number of amides is 4. The summed E-state index contributed by atoms with van der Waals surface area (Å²) in [5, 5.41) is 12.1. The van der Waals surface area contributed by atoms with Gasteiger partial charge < -0.3 is 19.5 Å². The van der Waals surface area contributed by atoms with Crippen LogP contribution in [0.25, 0.3) is 0 Å². The van der Waals surface area contributed by atoms with Gasteiger partial charge in [0, 0.05) is 35.3 Å². The number of hydrogen-bond donors (Lipinski definition) is 1. The van der Waals surface area contributed by atoms with E-state index in [9.17, 15) is 19.5 Å². The maximum atomic E-state index is 15.4. The molecule has 4 aromatic carbocycles. The minimum absolute atomic E-state index is 0.102. The van der Waals surface area contributed by atoms with Crippen LogP contribution in [0.3, 0.4) is 0 Å². The van der Waals surface area contributed by atoms with Crippen molar-refractivity contribution in [3.05, 3.63) is 125 Å². The second kappa shape index (κ2) is 13.1. The van der Waals surface area contributed by atoms with Gasteiger partial charge in [-0.25, -0.2) is 4.90 Å². The van der Waals surface area contributed by atoms with Crippen molar-refractivity contribution < 1.29 is 33.8 Å². The zero-order chi connectivity index (χ0) is 37.3. The van der Waals surface area contributed by atoms with Gasteiger partial charge in [0.2, 0.25) is 23.6 Å². The minimum Gasteiger partial charge on any atom is -0.508 e. The number of hydrogen-bond acceptors (Lipinski definition) is 8. The highest BCUT2D eigenvalue weighted by atomic mass is 35.5. The Hall–Kier alpha value is -5.45. The molecule has 0 radical (unpaired) electrons. The molecule has 1 N–H and O–H groups in total. The Labute approximate surface area is 317 Å². The zero-order valence-corrected chi connectivity index (χ0v) is 30.3. The molecule has 0 spiro atoms. The van der Waals surface area contributed by atoms with E-state index in [2.05, 4.69) is 4.90 Å². The summed E-state index contributed by atoms with van der Waals surface area (Å²) in [5.74, 6) is -5.20. The maximum absolute atomic E-state index is 15.4. The first-order chi connectivity index (χ1) is 26.2. The second-order valence-corrected chi connectivity index (χ2v) is 15.1. The maximum Gasteiger partial charge on any atom is 0.246 e. The van der Waals surface area contributed by atoms with Crippen molar-refractivity contribution in [1.29, 1.82) is 0 Å². The Morgan fingerprint density at radius 3 is 2.22 bits per heavy atom. The number of allylic oxidation sites excluding steroid dienone is 2. The van der Waals surface area contributed by atoms with E-state index < -0.39 is 46.8 Å². The van der Waals surface area contributed by atoms with Crippen molar-refractivity contribution in [2.75, 3.05) is 48.1 Å². The number of methoxy groups -OCH3 is 1. The number of phenols is 1. The van der Waals surface area contributed by atoms with Crippen molar-refractivity contribution in [1.82, 2.24) is 0 Å². The Balaban J connectivity index is 1.20. The van der Waals surface area contributed by atoms with Crippen LogP contribution in [0.2, 0.25) is 5.02 Å². The van der Waals surface area contributed by atoms with Gasteiger partial charge in [0.15, 0.2) is 0 Å². The smallest absolute Gasteiger partial charge is 0.246 e. The molecule has 4 amide bonds. The summed E-state index contributed by atoms with van der Waals surface area (Å²) >= 11 is 6.42. The van der Waals surface area contributed by atoms with E-state index in [1.165, 1.54) is 16.9 Å². The van der Waals surface area contributed by atoms with E-state index in [0.29, 0.717) is 46.5 Å². The summed E-state index contributed by atoms with van der Waals surface area (Å²) in [7, 11) is 1.50. The molecule has 54 heavy (non-hydrogen) atoms. The quantitative estimate of drug-likeness (QED) is 0.182. The number of morpholine rings is 1. The largest absolute Gasteiger partial charge is 0.508 e. The van der Waals surface area contributed by atoms with Gasteiger partial charge in [-0.1, -0.05) is 65.7 Å². The Bertz CT molecular complexity index is 2220. The fourth-order valence-corrected chi connectivity index (χ4v) is 10.1. The van der Waals surface area contributed by atoms with E-state index in [1.807, 2.05) is 60.7 Å². The molecule has 2 aliphatic carbocycles. The number of phenolic OH excluding ortho intramolecular Hbond substituents is 1. The van der Waals surface area contributed by atoms with Crippen LogP contribution in [0.4, 0.5) is 17.1 Å². The molecule has 0 aromatic heterocycles. The van der Waals surface area contributed by atoms with Gasteiger partial charge in [-0.05, 0) is 78.9 Å². The van der Waals surface area contributed by atoms with Crippen molar-refractivity contribution in [3.8, 4) is 11.5 Å². The fourth-order valence-electron chi connectivity index (χ4n) is 9.95. The molecule has 6 atom stereocenters. The van der Waals surface area contributed by atoms with Gasteiger partial charge in [0.05, 0.1) is 54.9 Å². The number of anilines is 3. The SMILES string of the molecule is COc1cccc(O)c1C1C2=CCC3C(=O)N(c4ccc(N5CCOCC5)cc4)C(=O)C3C2CC2C(=O)N(c3cccc(Cl)c3)C(=O)C21c1ccccc1. The summed E-state index contributed by atoms with van der Waals surface area (Å²) in [6, 6.07) is 28.2. The second-order valence-electron chi connectivity index (χ2n) is 14.6. The van der Waals surface area contributed by atoms with Crippen molar-refractivity contribution >= 4 is 52.3 Å². The van der Waals surface area contributed by atoms with Crippen molar-refractivity contribution in [2.24, 2.45) is 23.7 Å². The molecule has 9 rings (SSSR count). The van der Waals surface area contributed by atoms with Gasteiger partial charge in [0.1, 0.15) is 11.5 Å². The lowest BCUT2D eigenvalue weighted by Crippen LogP contribution is -2.53. The number of rotatable bonds is 6. The first-order valence-electron chi connectivity index (χ1n) is 18.3. The molecule has 3 aliphatic heterocycles. The Morgan fingerprint density at radius 1 is 0.778 bits per heavy atom. The van der Waals surface area contributed by atoms with Crippen LogP contribution in [0.1, 0.15) is 29.9 Å². The van der Waals surface area contributed by atoms with E-state index in [4.69, 9.17) is 21.1 Å². The average molecular weight is 744 g/mol. The van der Waals surface area contributed by atoms with Crippen molar-refractivity contribution in [2.45, 2.75) is 24.2 Å². The van der Waals surface area contributed by atoms with Crippen LogP contribution in [0.15, 0.2) is 109 Å². The molecule has 0 bridgehead atoms. The van der Waals surface area contributed by atoms with E-state index in [0.717, 1.165) is 24.4 Å². The van der Waals surface area contributed by atoms with E-state index >= 15 is 4.79 Å². The summed E-state index contributed by atoms with van der Waals surface area (Å²) in [5.41, 5.74) is 1.96. The molecule has 6 unspecified atom stereocenters. The minimum atomic E-state index is -1.54. The highest BCUT2D eigenvalue weighted by Gasteiger charge is 2.71. The van der Waals surface area contributed by atoms with Gasteiger partial charge in [-0.2, -0.15) is 0 Å². The molecule has 4 fully saturated rings. The van der Waals surface area contributed by atoms with Gasteiger partial charge in [-0.15, -0.1) is 0 Å². The molecule has 11 heteroatoms. The predicted molar refractivity (Wildman–Crippen MR) is 203 cm³/mol. The number of ether oxygens (including phenoxy) is 2. The molecular formula is C43H38ClN3O7. The van der Waals surface area contributed by atoms with Crippen LogP contribution in [-0.4, -0.2) is 62.1 Å². The third-order valence-corrected chi connectivity index (χ3v) is 12.4.